The fourth-order valence-corrected chi connectivity index (χ4v) is 2.47. The highest BCUT2D eigenvalue weighted by Crippen LogP contribution is 2.29. The first-order valence-corrected chi connectivity index (χ1v) is 7.93. The lowest BCUT2D eigenvalue weighted by atomic mass is 10.2. The van der Waals surface area contributed by atoms with Crippen molar-refractivity contribution in [3.63, 3.8) is 0 Å². The Labute approximate surface area is 149 Å². The largest absolute Gasteiger partial charge is 0.465 e. The Bertz CT molecular complexity index is 713. The number of esters is 1. The predicted octanol–water partition coefficient (Wildman–Crippen LogP) is 4.22. The third-order valence-corrected chi connectivity index (χ3v) is 3.84. The van der Waals surface area contributed by atoms with Gasteiger partial charge in [-0.2, -0.15) is 0 Å². The van der Waals surface area contributed by atoms with E-state index in [4.69, 9.17) is 23.2 Å². The van der Waals surface area contributed by atoms with Crippen molar-refractivity contribution in [2.24, 2.45) is 0 Å². The molecule has 0 bridgehead atoms. The molecule has 0 aliphatic rings. The summed E-state index contributed by atoms with van der Waals surface area (Å²) in [4.78, 5) is 23.3. The molecule has 0 unspecified atom stereocenters. The van der Waals surface area contributed by atoms with E-state index in [1.807, 2.05) is 0 Å². The summed E-state index contributed by atoms with van der Waals surface area (Å²) in [6.07, 6.45) is 0.236. The molecule has 0 radical (unpaired) electrons. The summed E-state index contributed by atoms with van der Waals surface area (Å²) in [5, 5.41) is 6.57. The lowest BCUT2D eigenvalue weighted by molar-refractivity contribution is -0.115. The lowest BCUT2D eigenvalue weighted by Crippen LogP contribution is -2.16. The van der Waals surface area contributed by atoms with Crippen molar-refractivity contribution in [3.8, 4) is 0 Å². The summed E-state index contributed by atoms with van der Waals surface area (Å²) >= 11 is 12.0. The number of methoxy groups -OCH3 is 1. The molecule has 0 aliphatic heterocycles. The van der Waals surface area contributed by atoms with Crippen molar-refractivity contribution in [3.05, 3.63) is 58.1 Å². The molecule has 7 heteroatoms. The highest BCUT2D eigenvalue weighted by atomic mass is 35.5. The average Bonchev–Trinajstić information content (AvgIpc) is 2.58. The minimum atomic E-state index is -0.391. The van der Waals surface area contributed by atoms with E-state index in [1.165, 1.54) is 7.11 Å². The molecule has 1 amide bonds. The number of hydrogen-bond donors (Lipinski definition) is 2. The molecule has 0 fully saturated rings. The molecule has 24 heavy (non-hydrogen) atoms. The Morgan fingerprint density at radius 2 is 1.67 bits per heavy atom. The van der Waals surface area contributed by atoms with Crippen LogP contribution in [-0.2, 0) is 9.53 Å². The summed E-state index contributed by atoms with van der Waals surface area (Å²) in [5.41, 5.74) is 1.67. The van der Waals surface area contributed by atoms with Crippen LogP contribution < -0.4 is 10.6 Å². The van der Waals surface area contributed by atoms with Gasteiger partial charge in [0.15, 0.2) is 0 Å². The summed E-state index contributed by atoms with van der Waals surface area (Å²) in [6.45, 7) is 0.422. The van der Waals surface area contributed by atoms with Crippen LogP contribution in [0, 0.1) is 0 Å². The Morgan fingerprint density at radius 3 is 2.25 bits per heavy atom. The second-order valence-corrected chi connectivity index (χ2v) is 5.70. The van der Waals surface area contributed by atoms with Crippen LogP contribution in [0.1, 0.15) is 16.8 Å². The SMILES string of the molecule is COC(=O)c1ccc(NCCC(=O)Nc2c(Cl)cccc2Cl)cc1. The van der Waals surface area contributed by atoms with Gasteiger partial charge in [0, 0.05) is 18.7 Å². The first-order chi connectivity index (χ1) is 11.5. The van der Waals surface area contributed by atoms with Crippen LogP contribution in [0.5, 0.6) is 0 Å². The number of amides is 1. The fraction of sp³-hybridized carbons (Fsp3) is 0.176. The third kappa shape index (κ3) is 4.88. The highest BCUT2D eigenvalue weighted by Gasteiger charge is 2.09. The Morgan fingerprint density at radius 1 is 1.04 bits per heavy atom. The van der Waals surface area contributed by atoms with Crippen LogP contribution >= 0.6 is 23.2 Å². The average molecular weight is 367 g/mol. The number of rotatable bonds is 6. The normalized spacial score (nSPS) is 10.1. The molecule has 0 spiro atoms. The number of benzene rings is 2. The van der Waals surface area contributed by atoms with Crippen LogP contribution in [0.4, 0.5) is 11.4 Å². The van der Waals surface area contributed by atoms with E-state index >= 15 is 0 Å². The Balaban J connectivity index is 1.83. The van der Waals surface area contributed by atoms with Crippen molar-refractivity contribution >= 4 is 46.5 Å². The van der Waals surface area contributed by atoms with Crippen LogP contribution in [0.3, 0.4) is 0 Å². The minimum Gasteiger partial charge on any atom is -0.465 e. The molecule has 0 aromatic heterocycles. The molecule has 126 valence electrons. The van der Waals surface area contributed by atoms with Crippen molar-refractivity contribution in [2.75, 3.05) is 24.3 Å². The van der Waals surface area contributed by atoms with Gasteiger partial charge >= 0.3 is 5.97 Å². The molecule has 2 aromatic carbocycles. The van der Waals surface area contributed by atoms with Crippen molar-refractivity contribution in [1.82, 2.24) is 0 Å². The van der Waals surface area contributed by atoms with Gasteiger partial charge in [0.2, 0.25) is 5.91 Å². The van der Waals surface area contributed by atoms with E-state index < -0.39 is 5.97 Å². The molecular formula is C17H16Cl2N2O3. The summed E-state index contributed by atoms with van der Waals surface area (Å²) in [7, 11) is 1.33. The fourth-order valence-electron chi connectivity index (χ4n) is 1.98. The van der Waals surface area contributed by atoms with Gasteiger partial charge in [-0.25, -0.2) is 4.79 Å². The van der Waals surface area contributed by atoms with Gasteiger partial charge in [0.25, 0.3) is 0 Å². The monoisotopic (exact) mass is 366 g/mol. The molecule has 0 saturated carbocycles. The van der Waals surface area contributed by atoms with Gasteiger partial charge in [-0.3, -0.25) is 4.79 Å². The highest BCUT2D eigenvalue weighted by molar-refractivity contribution is 6.39. The van der Waals surface area contributed by atoms with E-state index in [1.54, 1.807) is 42.5 Å². The molecule has 0 heterocycles. The van der Waals surface area contributed by atoms with Gasteiger partial charge in [-0.1, -0.05) is 29.3 Å². The number of carbonyl (C=O) groups is 2. The van der Waals surface area contributed by atoms with E-state index in [0.29, 0.717) is 27.8 Å². The number of nitrogens with one attached hydrogen (secondary N) is 2. The number of halogens is 2. The zero-order chi connectivity index (χ0) is 17.5. The molecule has 2 rings (SSSR count). The maximum absolute atomic E-state index is 12.0. The quantitative estimate of drug-likeness (QED) is 0.751. The van der Waals surface area contributed by atoms with Crippen LogP contribution in [0.15, 0.2) is 42.5 Å². The van der Waals surface area contributed by atoms with Crippen LogP contribution in [-0.4, -0.2) is 25.5 Å². The molecule has 5 nitrogen and oxygen atoms in total. The van der Waals surface area contributed by atoms with Gasteiger partial charge in [0.05, 0.1) is 28.4 Å². The third-order valence-electron chi connectivity index (χ3n) is 3.21. The zero-order valence-electron chi connectivity index (χ0n) is 12.9. The second-order valence-electron chi connectivity index (χ2n) is 4.89. The zero-order valence-corrected chi connectivity index (χ0v) is 14.4. The molecule has 2 N–H and O–H groups in total. The van der Waals surface area contributed by atoms with Gasteiger partial charge in [-0.15, -0.1) is 0 Å². The van der Waals surface area contributed by atoms with Gasteiger partial charge < -0.3 is 15.4 Å². The molecule has 2 aromatic rings. The molecular weight excluding hydrogens is 351 g/mol. The van der Waals surface area contributed by atoms with Crippen LogP contribution in [0.25, 0.3) is 0 Å². The maximum atomic E-state index is 12.0. The molecule has 0 saturated heterocycles. The smallest absolute Gasteiger partial charge is 0.337 e. The van der Waals surface area contributed by atoms with Crippen molar-refractivity contribution in [1.29, 1.82) is 0 Å². The first kappa shape index (κ1) is 18.1. The Hall–Kier alpha value is -2.24. The number of anilines is 2. The minimum absolute atomic E-state index is 0.205. The van der Waals surface area contributed by atoms with Gasteiger partial charge in [0.1, 0.15) is 0 Å². The van der Waals surface area contributed by atoms with E-state index in [9.17, 15) is 9.59 Å². The standard InChI is InChI=1S/C17H16Cl2N2O3/c1-24-17(23)11-5-7-12(8-6-11)20-10-9-15(22)21-16-13(18)3-2-4-14(16)19/h2-8,20H,9-10H2,1H3,(H,21,22). The van der Waals surface area contributed by atoms with E-state index in [2.05, 4.69) is 15.4 Å². The molecule has 0 atom stereocenters. The molecule has 0 aliphatic carbocycles. The van der Waals surface area contributed by atoms with Crippen molar-refractivity contribution < 1.29 is 14.3 Å². The van der Waals surface area contributed by atoms with E-state index in [0.717, 1.165) is 5.69 Å². The number of para-hydroxylation sites is 1. The van der Waals surface area contributed by atoms with Crippen LogP contribution in [0.2, 0.25) is 10.0 Å². The van der Waals surface area contributed by atoms with E-state index in [-0.39, 0.29) is 12.3 Å². The topological polar surface area (TPSA) is 67.4 Å². The second kappa shape index (κ2) is 8.57. The summed E-state index contributed by atoms with van der Waals surface area (Å²) in [6, 6.07) is 11.8. The predicted molar refractivity (Wildman–Crippen MR) is 96.0 cm³/mol. The van der Waals surface area contributed by atoms with Gasteiger partial charge in [-0.05, 0) is 36.4 Å². The summed E-state index contributed by atoms with van der Waals surface area (Å²) in [5.74, 6) is -0.596. The summed E-state index contributed by atoms with van der Waals surface area (Å²) < 4.78 is 4.63. The number of ether oxygens (including phenoxy) is 1. The number of hydrogen-bond acceptors (Lipinski definition) is 4. The Kier molecular flexibility index (Phi) is 6.46. The first-order valence-electron chi connectivity index (χ1n) is 7.17. The number of carbonyl (C=O) groups excluding carboxylic acids is 2. The maximum Gasteiger partial charge on any atom is 0.337 e. The van der Waals surface area contributed by atoms with Crippen molar-refractivity contribution in [2.45, 2.75) is 6.42 Å². The lowest BCUT2D eigenvalue weighted by Gasteiger charge is -2.10.